The Morgan fingerprint density at radius 1 is 1.12 bits per heavy atom. The summed E-state index contributed by atoms with van der Waals surface area (Å²) in [5.41, 5.74) is 1.17. The molecule has 0 aliphatic heterocycles. The van der Waals surface area contributed by atoms with E-state index in [2.05, 4.69) is 28.9 Å². The van der Waals surface area contributed by atoms with Gasteiger partial charge in [0.05, 0.1) is 6.10 Å². The fourth-order valence-electron chi connectivity index (χ4n) is 3.97. The zero-order chi connectivity index (χ0) is 19.4. The van der Waals surface area contributed by atoms with Crippen LogP contribution in [0, 0.1) is 11.8 Å². The van der Waals surface area contributed by atoms with Gasteiger partial charge in [0.15, 0.2) is 0 Å². The van der Waals surface area contributed by atoms with Crippen LogP contribution in [0.5, 0.6) is 0 Å². The SMILES string of the molecule is CC(=CCCCCCCBr)[C@H]1[C@H](O)CC(=O)[C@@H]1CCCCCCC(=O)O. The van der Waals surface area contributed by atoms with Crippen molar-refractivity contribution >= 4 is 27.7 Å². The summed E-state index contributed by atoms with van der Waals surface area (Å²) >= 11 is 3.45. The molecule has 0 heterocycles. The first kappa shape index (κ1) is 23.4. The molecule has 0 spiro atoms. The molecule has 0 amide bonds. The Bertz CT molecular complexity index is 461. The van der Waals surface area contributed by atoms with Gasteiger partial charge in [-0.15, -0.1) is 0 Å². The van der Waals surface area contributed by atoms with Gasteiger partial charge in [-0.1, -0.05) is 59.7 Å². The van der Waals surface area contributed by atoms with Crippen molar-refractivity contribution in [1.29, 1.82) is 0 Å². The number of carboxylic acids is 1. The van der Waals surface area contributed by atoms with Crippen LogP contribution in [-0.2, 0) is 9.59 Å². The first-order chi connectivity index (χ1) is 12.5. The number of carboxylic acid groups (broad SMARTS) is 1. The molecular formula is C21H35BrO4. The van der Waals surface area contributed by atoms with Crippen molar-refractivity contribution in [2.75, 3.05) is 5.33 Å². The number of carbonyl (C=O) groups is 2. The van der Waals surface area contributed by atoms with Crippen molar-refractivity contribution in [3.8, 4) is 0 Å². The van der Waals surface area contributed by atoms with Gasteiger partial charge in [-0.05, 0) is 39.0 Å². The van der Waals surface area contributed by atoms with Crippen molar-refractivity contribution in [3.63, 3.8) is 0 Å². The maximum absolute atomic E-state index is 12.3. The van der Waals surface area contributed by atoms with E-state index in [-0.39, 0.29) is 30.5 Å². The highest BCUT2D eigenvalue weighted by Crippen LogP contribution is 2.38. The molecule has 0 bridgehead atoms. The molecule has 1 aliphatic carbocycles. The maximum Gasteiger partial charge on any atom is 0.303 e. The monoisotopic (exact) mass is 430 g/mol. The summed E-state index contributed by atoms with van der Waals surface area (Å²) in [6.07, 6.45) is 12.3. The number of alkyl halides is 1. The van der Waals surface area contributed by atoms with Gasteiger partial charge in [-0.25, -0.2) is 0 Å². The Morgan fingerprint density at radius 2 is 1.77 bits per heavy atom. The first-order valence-corrected chi connectivity index (χ1v) is 11.2. The maximum atomic E-state index is 12.3. The third kappa shape index (κ3) is 8.81. The largest absolute Gasteiger partial charge is 0.481 e. The van der Waals surface area contributed by atoms with Gasteiger partial charge >= 0.3 is 5.97 Å². The van der Waals surface area contributed by atoms with Crippen molar-refractivity contribution in [1.82, 2.24) is 0 Å². The predicted molar refractivity (Wildman–Crippen MR) is 109 cm³/mol. The van der Waals surface area contributed by atoms with E-state index < -0.39 is 12.1 Å². The van der Waals surface area contributed by atoms with Crippen LogP contribution in [0.2, 0.25) is 0 Å². The highest BCUT2D eigenvalue weighted by atomic mass is 79.9. The van der Waals surface area contributed by atoms with Gasteiger partial charge < -0.3 is 10.2 Å². The summed E-state index contributed by atoms with van der Waals surface area (Å²) in [6, 6.07) is 0. The van der Waals surface area contributed by atoms with Crippen LogP contribution in [0.25, 0.3) is 0 Å². The number of ketones is 1. The number of Topliss-reactive ketones (excluding diaryl/α,β-unsaturated/α-hetero) is 1. The first-order valence-electron chi connectivity index (χ1n) is 10.1. The second kappa shape index (κ2) is 13.5. The topological polar surface area (TPSA) is 74.6 Å². The number of aliphatic hydroxyl groups excluding tert-OH is 1. The third-order valence-electron chi connectivity index (χ3n) is 5.41. The second-order valence-corrected chi connectivity index (χ2v) is 8.35. The molecule has 1 aliphatic rings. The van der Waals surface area contributed by atoms with Gasteiger partial charge in [-0.2, -0.15) is 0 Å². The van der Waals surface area contributed by atoms with Crippen LogP contribution >= 0.6 is 15.9 Å². The molecule has 26 heavy (non-hydrogen) atoms. The fraction of sp³-hybridized carbons (Fsp3) is 0.810. The molecule has 0 unspecified atom stereocenters. The minimum absolute atomic E-state index is 0.0240. The van der Waals surface area contributed by atoms with Crippen LogP contribution in [-0.4, -0.2) is 33.4 Å². The number of aliphatic hydroxyl groups is 1. The molecule has 1 rings (SSSR count). The lowest BCUT2D eigenvalue weighted by Crippen LogP contribution is -2.22. The highest BCUT2D eigenvalue weighted by molar-refractivity contribution is 9.09. The van der Waals surface area contributed by atoms with Crippen LogP contribution in [0.3, 0.4) is 0 Å². The van der Waals surface area contributed by atoms with E-state index in [4.69, 9.17) is 5.11 Å². The minimum Gasteiger partial charge on any atom is -0.481 e. The van der Waals surface area contributed by atoms with Crippen LogP contribution < -0.4 is 0 Å². The van der Waals surface area contributed by atoms with E-state index >= 15 is 0 Å². The van der Waals surface area contributed by atoms with Gasteiger partial charge in [0, 0.05) is 30.0 Å². The van der Waals surface area contributed by atoms with Gasteiger partial charge in [0.25, 0.3) is 0 Å². The van der Waals surface area contributed by atoms with E-state index in [0.29, 0.717) is 6.42 Å². The lowest BCUT2D eigenvalue weighted by Gasteiger charge is -2.22. The molecule has 0 radical (unpaired) electrons. The zero-order valence-corrected chi connectivity index (χ0v) is 17.7. The highest BCUT2D eigenvalue weighted by Gasteiger charge is 2.41. The van der Waals surface area contributed by atoms with Crippen molar-refractivity contribution in [2.45, 2.75) is 90.1 Å². The average molecular weight is 431 g/mol. The Morgan fingerprint density at radius 3 is 2.46 bits per heavy atom. The summed E-state index contributed by atoms with van der Waals surface area (Å²) in [7, 11) is 0. The molecule has 0 saturated heterocycles. The number of allylic oxidation sites excluding steroid dienone is 1. The third-order valence-corrected chi connectivity index (χ3v) is 5.97. The smallest absolute Gasteiger partial charge is 0.303 e. The molecule has 1 saturated carbocycles. The Labute approximate surface area is 166 Å². The lowest BCUT2D eigenvalue weighted by molar-refractivity contribution is -0.137. The van der Waals surface area contributed by atoms with Crippen molar-refractivity contribution < 1.29 is 19.8 Å². The zero-order valence-electron chi connectivity index (χ0n) is 16.1. The Kier molecular flexibility index (Phi) is 12.1. The van der Waals surface area contributed by atoms with Gasteiger partial charge in [0.2, 0.25) is 0 Å². The molecule has 5 heteroatoms. The normalized spacial score (nSPS) is 23.6. The summed E-state index contributed by atoms with van der Waals surface area (Å²) in [6.45, 7) is 2.06. The minimum atomic E-state index is -0.743. The Hall–Kier alpha value is -0.680. The van der Waals surface area contributed by atoms with E-state index in [1.165, 1.54) is 24.8 Å². The fourth-order valence-corrected chi connectivity index (χ4v) is 4.36. The second-order valence-electron chi connectivity index (χ2n) is 7.56. The molecule has 0 aromatic heterocycles. The summed E-state index contributed by atoms with van der Waals surface area (Å²) in [5.74, 6) is -0.636. The van der Waals surface area contributed by atoms with E-state index in [0.717, 1.165) is 43.9 Å². The summed E-state index contributed by atoms with van der Waals surface area (Å²) in [4.78, 5) is 22.8. The number of hydrogen-bond acceptors (Lipinski definition) is 3. The van der Waals surface area contributed by atoms with Crippen LogP contribution in [0.15, 0.2) is 11.6 Å². The summed E-state index contributed by atoms with van der Waals surface area (Å²) < 4.78 is 0. The standard InChI is InChI=1S/C21H35BrO4/c1-16(11-7-3-2-6-10-14-22)21-17(18(23)15-19(21)24)12-8-4-5-9-13-20(25)26/h11,17,19,21,24H,2-10,12-15H2,1H3,(H,25,26)/t17-,19+,21+/m0/s1. The lowest BCUT2D eigenvalue weighted by atomic mass is 9.84. The van der Waals surface area contributed by atoms with Crippen LogP contribution in [0.4, 0.5) is 0 Å². The molecule has 0 aromatic rings. The van der Waals surface area contributed by atoms with Gasteiger partial charge in [0.1, 0.15) is 5.78 Å². The molecule has 2 N–H and O–H groups in total. The Balaban J connectivity index is 2.40. The molecule has 1 fully saturated rings. The molecule has 0 aromatic carbocycles. The van der Waals surface area contributed by atoms with Crippen molar-refractivity contribution in [2.24, 2.45) is 11.8 Å². The molecular weight excluding hydrogens is 396 g/mol. The predicted octanol–water partition coefficient (Wildman–Crippen LogP) is 5.27. The van der Waals surface area contributed by atoms with Gasteiger partial charge in [-0.3, -0.25) is 9.59 Å². The van der Waals surface area contributed by atoms with E-state index in [9.17, 15) is 14.7 Å². The quantitative estimate of drug-likeness (QED) is 0.223. The van der Waals surface area contributed by atoms with Crippen LogP contribution in [0.1, 0.15) is 84.0 Å². The number of unbranched alkanes of at least 4 members (excludes halogenated alkanes) is 7. The van der Waals surface area contributed by atoms with Crippen molar-refractivity contribution in [3.05, 3.63) is 11.6 Å². The number of hydrogen-bond donors (Lipinski definition) is 2. The molecule has 3 atom stereocenters. The number of rotatable bonds is 14. The molecule has 4 nitrogen and oxygen atoms in total. The number of halogens is 1. The number of aliphatic carboxylic acids is 1. The molecule has 150 valence electrons. The average Bonchev–Trinajstić information content (AvgIpc) is 2.87. The number of carbonyl (C=O) groups excluding carboxylic acids is 1. The summed E-state index contributed by atoms with van der Waals surface area (Å²) in [5, 5.41) is 20.1. The van der Waals surface area contributed by atoms with E-state index in [1.54, 1.807) is 0 Å². The van der Waals surface area contributed by atoms with E-state index in [1.807, 2.05) is 0 Å².